The molecule has 9 heteroatoms. The zero-order chi connectivity index (χ0) is 23.7. The zero-order valence-corrected chi connectivity index (χ0v) is 18.9. The van der Waals surface area contributed by atoms with Crippen LogP contribution < -0.4 is 10.6 Å². The zero-order valence-electron chi connectivity index (χ0n) is 18.1. The Labute approximate surface area is 193 Å². The predicted molar refractivity (Wildman–Crippen MR) is 120 cm³/mol. The number of nitrogens with zero attached hydrogens (tertiary/aromatic N) is 1. The molecule has 2 heterocycles. The van der Waals surface area contributed by atoms with E-state index in [9.17, 15) is 14.4 Å². The lowest BCUT2D eigenvalue weighted by Crippen LogP contribution is -2.14. The van der Waals surface area contributed by atoms with Crippen LogP contribution in [0.3, 0.4) is 0 Å². The topological polar surface area (TPSA) is 101 Å². The van der Waals surface area contributed by atoms with Gasteiger partial charge in [-0.25, -0.2) is 4.79 Å². The summed E-state index contributed by atoms with van der Waals surface area (Å²) < 4.78 is 21.8. The monoisotopic (exact) mass is 469 g/mol. The Hall–Kier alpha value is -3.78. The normalized spacial score (nSPS) is 11.0. The standard InChI is InChI=1S/C24H20ClNO7/c1-13-18(11-22(27)31-12-21-14(2)32-24(29)33-21)19-10-17(30-3)8-9-20(19)26(13)23(28)15-4-6-16(25)7-5-15/h4-10H,11-12H2,1-3H3. The van der Waals surface area contributed by atoms with E-state index in [1.54, 1.807) is 68.0 Å². The van der Waals surface area contributed by atoms with E-state index in [0.29, 0.717) is 38.5 Å². The van der Waals surface area contributed by atoms with E-state index < -0.39 is 11.8 Å². The highest BCUT2D eigenvalue weighted by molar-refractivity contribution is 6.30. The molecule has 0 unspecified atom stereocenters. The number of hydrogen-bond donors (Lipinski definition) is 0. The second-order valence-electron chi connectivity index (χ2n) is 7.37. The van der Waals surface area contributed by atoms with E-state index in [2.05, 4.69) is 0 Å². The van der Waals surface area contributed by atoms with Gasteiger partial charge < -0.3 is 18.3 Å². The fraction of sp³-hybridized carbons (Fsp3) is 0.208. The van der Waals surface area contributed by atoms with E-state index in [4.69, 9.17) is 29.9 Å². The van der Waals surface area contributed by atoms with E-state index in [-0.39, 0.29) is 30.5 Å². The Bertz CT molecular complexity index is 1410. The quantitative estimate of drug-likeness (QED) is 0.385. The van der Waals surface area contributed by atoms with Gasteiger partial charge in [-0.15, -0.1) is 0 Å². The van der Waals surface area contributed by atoms with E-state index >= 15 is 0 Å². The van der Waals surface area contributed by atoms with Gasteiger partial charge in [0.05, 0.1) is 19.0 Å². The maximum absolute atomic E-state index is 13.3. The van der Waals surface area contributed by atoms with Gasteiger partial charge in [-0.05, 0) is 61.9 Å². The molecule has 0 fully saturated rings. The van der Waals surface area contributed by atoms with Crippen molar-refractivity contribution in [2.45, 2.75) is 26.9 Å². The Balaban J connectivity index is 1.69. The fourth-order valence-electron chi connectivity index (χ4n) is 3.64. The lowest BCUT2D eigenvalue weighted by molar-refractivity contribution is -0.144. The first-order chi connectivity index (χ1) is 15.8. The number of carbonyl (C=O) groups is 2. The fourth-order valence-corrected chi connectivity index (χ4v) is 3.77. The van der Waals surface area contributed by atoms with Crippen molar-refractivity contribution in [3.8, 4) is 5.75 Å². The molecule has 0 bridgehead atoms. The van der Waals surface area contributed by atoms with Crippen LogP contribution in [0, 0.1) is 13.8 Å². The molecule has 170 valence electrons. The van der Waals surface area contributed by atoms with Gasteiger partial charge in [0.25, 0.3) is 5.91 Å². The summed E-state index contributed by atoms with van der Waals surface area (Å²) in [7, 11) is 1.54. The summed E-state index contributed by atoms with van der Waals surface area (Å²) in [5, 5.41) is 1.22. The van der Waals surface area contributed by atoms with Crippen molar-refractivity contribution < 1.29 is 27.9 Å². The number of benzene rings is 2. The minimum atomic E-state index is -0.856. The number of hydrogen-bond acceptors (Lipinski definition) is 7. The number of aromatic nitrogens is 1. The Kier molecular flexibility index (Phi) is 6.11. The SMILES string of the molecule is COc1ccc2c(c1)c(CC(=O)OCc1oc(=O)oc1C)c(C)n2C(=O)c1ccc(Cl)cc1. The van der Waals surface area contributed by atoms with Crippen LogP contribution in [0.2, 0.25) is 5.02 Å². The number of rotatable bonds is 6. The molecule has 0 aliphatic carbocycles. The number of aryl methyl sites for hydroxylation is 1. The van der Waals surface area contributed by atoms with Gasteiger partial charge in [0, 0.05) is 21.7 Å². The van der Waals surface area contributed by atoms with Crippen LogP contribution in [0.5, 0.6) is 5.75 Å². The van der Waals surface area contributed by atoms with Gasteiger partial charge in [0.15, 0.2) is 18.1 Å². The Morgan fingerprint density at radius 1 is 1.06 bits per heavy atom. The molecule has 2 aromatic heterocycles. The lowest BCUT2D eigenvalue weighted by atomic mass is 10.1. The summed E-state index contributed by atoms with van der Waals surface area (Å²) >= 11 is 5.96. The highest BCUT2D eigenvalue weighted by atomic mass is 35.5. The van der Waals surface area contributed by atoms with Crippen LogP contribution in [-0.2, 0) is 22.6 Å². The lowest BCUT2D eigenvalue weighted by Gasteiger charge is -2.08. The Morgan fingerprint density at radius 2 is 1.79 bits per heavy atom. The van der Waals surface area contributed by atoms with Crippen LogP contribution in [0.4, 0.5) is 0 Å². The third-order valence-corrected chi connectivity index (χ3v) is 5.61. The number of halogens is 1. The van der Waals surface area contributed by atoms with Gasteiger partial charge in [-0.1, -0.05) is 11.6 Å². The minimum absolute atomic E-state index is 0.0997. The summed E-state index contributed by atoms with van der Waals surface area (Å²) in [6.45, 7) is 3.07. The first-order valence-corrected chi connectivity index (χ1v) is 10.4. The summed E-state index contributed by atoms with van der Waals surface area (Å²) in [6.07, 6.45) is -0.0997. The van der Waals surface area contributed by atoms with Gasteiger partial charge >= 0.3 is 11.8 Å². The number of fused-ring (bicyclic) bond motifs is 1. The molecule has 8 nitrogen and oxygen atoms in total. The van der Waals surface area contributed by atoms with Crippen molar-refractivity contribution in [1.82, 2.24) is 4.57 Å². The molecule has 0 spiro atoms. The average Bonchev–Trinajstić information content (AvgIpc) is 3.26. The molecule has 4 aromatic rings. The molecular weight excluding hydrogens is 450 g/mol. The first-order valence-electron chi connectivity index (χ1n) is 10.0. The third-order valence-electron chi connectivity index (χ3n) is 5.36. The smallest absolute Gasteiger partial charge is 0.497 e. The van der Waals surface area contributed by atoms with Crippen LogP contribution in [0.1, 0.15) is 33.1 Å². The second kappa shape index (κ2) is 8.99. The largest absolute Gasteiger partial charge is 0.519 e. The van der Waals surface area contributed by atoms with Gasteiger partial charge in [0.1, 0.15) is 5.75 Å². The minimum Gasteiger partial charge on any atom is -0.497 e. The number of ether oxygens (including phenoxy) is 2. The molecule has 0 radical (unpaired) electrons. The molecule has 2 aromatic carbocycles. The molecule has 33 heavy (non-hydrogen) atoms. The molecule has 0 saturated carbocycles. The number of methoxy groups -OCH3 is 1. The second-order valence-corrected chi connectivity index (χ2v) is 7.80. The number of esters is 1. The molecule has 0 atom stereocenters. The van der Waals surface area contributed by atoms with Gasteiger partial charge in [-0.2, -0.15) is 0 Å². The first kappa shape index (κ1) is 22.4. The van der Waals surface area contributed by atoms with Crippen molar-refractivity contribution in [2.75, 3.05) is 7.11 Å². The highest BCUT2D eigenvalue weighted by Crippen LogP contribution is 2.31. The van der Waals surface area contributed by atoms with E-state index in [0.717, 1.165) is 0 Å². The Morgan fingerprint density at radius 3 is 2.42 bits per heavy atom. The maximum atomic E-state index is 13.3. The van der Waals surface area contributed by atoms with Crippen LogP contribution in [0.15, 0.2) is 56.1 Å². The molecule has 0 aliphatic heterocycles. The van der Waals surface area contributed by atoms with E-state index in [1.807, 2.05) is 0 Å². The average molecular weight is 470 g/mol. The van der Waals surface area contributed by atoms with Gasteiger partial charge in [-0.3, -0.25) is 14.2 Å². The molecule has 0 N–H and O–H groups in total. The molecule has 4 rings (SSSR count). The summed E-state index contributed by atoms with van der Waals surface area (Å²) in [6, 6.07) is 11.9. The third kappa shape index (κ3) is 4.42. The van der Waals surface area contributed by atoms with Crippen molar-refractivity contribution in [3.05, 3.63) is 86.4 Å². The highest BCUT2D eigenvalue weighted by Gasteiger charge is 2.23. The van der Waals surface area contributed by atoms with Crippen molar-refractivity contribution in [1.29, 1.82) is 0 Å². The van der Waals surface area contributed by atoms with Crippen molar-refractivity contribution >= 4 is 34.4 Å². The molecule has 0 saturated heterocycles. The maximum Gasteiger partial charge on any atom is 0.519 e. The van der Waals surface area contributed by atoms with Gasteiger partial charge in [0.2, 0.25) is 0 Å². The van der Waals surface area contributed by atoms with E-state index in [1.165, 1.54) is 0 Å². The summed E-state index contributed by atoms with van der Waals surface area (Å²) in [5.74, 6) is -0.683. The predicted octanol–water partition coefficient (Wildman–Crippen LogP) is 4.44. The van der Waals surface area contributed by atoms with Crippen LogP contribution >= 0.6 is 11.6 Å². The summed E-state index contributed by atoms with van der Waals surface area (Å²) in [4.78, 5) is 37.1. The van der Waals surface area contributed by atoms with Crippen molar-refractivity contribution in [2.24, 2.45) is 0 Å². The molecular formula is C24H20ClNO7. The molecule has 0 amide bonds. The van der Waals surface area contributed by atoms with Crippen LogP contribution in [0.25, 0.3) is 10.9 Å². The number of carbonyl (C=O) groups excluding carboxylic acids is 2. The molecule has 0 aliphatic rings. The van der Waals surface area contributed by atoms with Crippen LogP contribution in [-0.4, -0.2) is 23.6 Å². The van der Waals surface area contributed by atoms with Crippen molar-refractivity contribution in [3.63, 3.8) is 0 Å². The summed E-state index contributed by atoms with van der Waals surface area (Å²) in [5.41, 5.74) is 2.31.